The first kappa shape index (κ1) is 14.0. The predicted molar refractivity (Wildman–Crippen MR) is 74.9 cm³/mol. The highest BCUT2D eigenvalue weighted by Gasteiger charge is 2.06. The van der Waals surface area contributed by atoms with Gasteiger partial charge in [0.15, 0.2) is 0 Å². The van der Waals surface area contributed by atoms with Gasteiger partial charge in [-0.1, -0.05) is 28.1 Å². The van der Waals surface area contributed by atoms with Gasteiger partial charge < -0.3 is 10.4 Å². The maximum absolute atomic E-state index is 8.95. The van der Waals surface area contributed by atoms with E-state index in [1.165, 1.54) is 5.56 Å². The normalized spacial score (nSPS) is 12.7. The molecule has 1 rings (SSSR count). The van der Waals surface area contributed by atoms with Gasteiger partial charge in [-0.05, 0) is 30.4 Å². The van der Waals surface area contributed by atoms with Gasteiger partial charge >= 0.3 is 0 Å². The minimum Gasteiger partial charge on any atom is -0.396 e. The molecular formula is C12H18BrNOS. The highest BCUT2D eigenvalue weighted by Crippen LogP contribution is 2.12. The molecule has 0 amide bonds. The van der Waals surface area contributed by atoms with Crippen molar-refractivity contribution in [2.75, 3.05) is 18.6 Å². The van der Waals surface area contributed by atoms with Gasteiger partial charge in [0.2, 0.25) is 0 Å². The molecule has 0 fully saturated rings. The van der Waals surface area contributed by atoms with E-state index in [2.05, 4.69) is 39.6 Å². The van der Waals surface area contributed by atoms with Crippen LogP contribution >= 0.6 is 27.7 Å². The summed E-state index contributed by atoms with van der Waals surface area (Å²) in [6.45, 7) is 1.10. The molecule has 0 aliphatic rings. The molecule has 0 aliphatic heterocycles. The summed E-state index contributed by atoms with van der Waals surface area (Å²) in [5.74, 6) is 1.04. The Hall–Kier alpha value is -0.0300. The molecule has 0 saturated carbocycles. The van der Waals surface area contributed by atoms with Gasteiger partial charge in [-0.2, -0.15) is 11.8 Å². The quantitative estimate of drug-likeness (QED) is 0.812. The summed E-state index contributed by atoms with van der Waals surface area (Å²) in [5.41, 5.74) is 1.26. The molecule has 1 aromatic carbocycles. The average Bonchev–Trinajstić information content (AvgIpc) is 2.27. The summed E-state index contributed by atoms with van der Waals surface area (Å²) in [5, 5.41) is 12.4. The van der Waals surface area contributed by atoms with Crippen LogP contribution in [-0.2, 0) is 6.54 Å². The third-order valence-electron chi connectivity index (χ3n) is 2.33. The zero-order chi connectivity index (χ0) is 11.8. The van der Waals surface area contributed by atoms with Gasteiger partial charge in [-0.3, -0.25) is 0 Å². The summed E-state index contributed by atoms with van der Waals surface area (Å²) in [4.78, 5) is 0. The molecule has 0 saturated heterocycles. The minimum absolute atomic E-state index is 0.247. The number of hydrogen-bond donors (Lipinski definition) is 2. The Labute approximate surface area is 110 Å². The maximum Gasteiger partial charge on any atom is 0.0446 e. The van der Waals surface area contributed by atoms with Crippen molar-refractivity contribution >= 4 is 27.7 Å². The molecule has 0 aromatic heterocycles. The summed E-state index contributed by atoms with van der Waals surface area (Å²) in [7, 11) is 0. The summed E-state index contributed by atoms with van der Waals surface area (Å²) in [6, 6.07) is 8.67. The topological polar surface area (TPSA) is 32.3 Å². The van der Waals surface area contributed by atoms with Crippen LogP contribution < -0.4 is 5.32 Å². The number of aliphatic hydroxyl groups is 1. The van der Waals surface area contributed by atoms with Gasteiger partial charge in [0.1, 0.15) is 0 Å². The van der Waals surface area contributed by atoms with Gasteiger partial charge in [0, 0.05) is 29.4 Å². The highest BCUT2D eigenvalue weighted by molar-refractivity contribution is 9.10. The van der Waals surface area contributed by atoms with Gasteiger partial charge in [0.05, 0.1) is 0 Å². The molecular weight excluding hydrogens is 286 g/mol. The van der Waals surface area contributed by atoms with E-state index in [4.69, 9.17) is 5.11 Å². The van der Waals surface area contributed by atoms with Crippen LogP contribution in [0.2, 0.25) is 0 Å². The molecule has 0 aliphatic carbocycles. The summed E-state index contributed by atoms with van der Waals surface area (Å²) < 4.78 is 1.11. The Balaban J connectivity index is 2.41. The lowest BCUT2D eigenvalue weighted by Crippen LogP contribution is -2.31. The van der Waals surface area contributed by atoms with Crippen LogP contribution in [0.25, 0.3) is 0 Å². The predicted octanol–water partition coefficient (Wildman–Crippen LogP) is 2.65. The van der Waals surface area contributed by atoms with Crippen molar-refractivity contribution in [1.82, 2.24) is 5.32 Å². The zero-order valence-electron chi connectivity index (χ0n) is 9.45. The van der Waals surface area contributed by atoms with Crippen LogP contribution in [0, 0.1) is 0 Å². The molecule has 4 heteroatoms. The molecule has 1 atom stereocenters. The molecule has 1 unspecified atom stereocenters. The molecule has 0 radical (unpaired) electrons. The SMILES string of the molecule is CSCC(CCO)NCc1cccc(Br)c1. The van der Waals surface area contributed by atoms with Crippen LogP contribution in [0.1, 0.15) is 12.0 Å². The number of rotatable bonds is 7. The lowest BCUT2D eigenvalue weighted by atomic mass is 10.2. The van der Waals surface area contributed by atoms with Crippen LogP contribution in [0.4, 0.5) is 0 Å². The Morgan fingerprint density at radius 2 is 2.31 bits per heavy atom. The fourth-order valence-corrected chi connectivity index (χ4v) is 2.64. The second-order valence-electron chi connectivity index (χ2n) is 3.68. The fourth-order valence-electron chi connectivity index (χ4n) is 1.51. The standard InChI is InChI=1S/C12H18BrNOS/c1-16-9-12(5-6-15)14-8-10-3-2-4-11(13)7-10/h2-4,7,12,14-15H,5-6,8-9H2,1H3. The number of nitrogens with one attached hydrogen (secondary N) is 1. The van der Waals surface area contributed by atoms with E-state index in [1.54, 1.807) is 11.8 Å². The lowest BCUT2D eigenvalue weighted by molar-refractivity contribution is 0.270. The molecule has 16 heavy (non-hydrogen) atoms. The van der Waals surface area contributed by atoms with E-state index in [-0.39, 0.29) is 6.61 Å². The Kier molecular flexibility index (Phi) is 7.12. The van der Waals surface area contributed by atoms with Crippen molar-refractivity contribution < 1.29 is 5.11 Å². The Morgan fingerprint density at radius 1 is 1.50 bits per heavy atom. The second-order valence-corrected chi connectivity index (χ2v) is 5.50. The zero-order valence-corrected chi connectivity index (χ0v) is 11.9. The van der Waals surface area contributed by atoms with Crippen molar-refractivity contribution in [3.8, 4) is 0 Å². The van der Waals surface area contributed by atoms with Crippen molar-refractivity contribution in [3.05, 3.63) is 34.3 Å². The van der Waals surface area contributed by atoms with Gasteiger partial charge in [0.25, 0.3) is 0 Å². The maximum atomic E-state index is 8.95. The minimum atomic E-state index is 0.247. The number of thioether (sulfide) groups is 1. The van der Waals surface area contributed by atoms with E-state index in [0.29, 0.717) is 6.04 Å². The lowest BCUT2D eigenvalue weighted by Gasteiger charge is -2.16. The number of aliphatic hydroxyl groups excluding tert-OH is 1. The summed E-state index contributed by atoms with van der Waals surface area (Å²) >= 11 is 5.26. The second kappa shape index (κ2) is 8.12. The molecule has 0 heterocycles. The van der Waals surface area contributed by atoms with Crippen LogP contribution in [0.3, 0.4) is 0 Å². The largest absolute Gasteiger partial charge is 0.396 e. The highest BCUT2D eigenvalue weighted by atomic mass is 79.9. The van der Waals surface area contributed by atoms with Crippen LogP contribution in [0.5, 0.6) is 0 Å². The Bertz CT molecular complexity index is 303. The fraction of sp³-hybridized carbons (Fsp3) is 0.500. The first-order chi connectivity index (χ1) is 7.76. The van der Waals surface area contributed by atoms with Gasteiger partial charge in [-0.15, -0.1) is 0 Å². The van der Waals surface area contributed by atoms with Crippen LogP contribution in [0.15, 0.2) is 28.7 Å². The molecule has 0 bridgehead atoms. The number of benzene rings is 1. The smallest absolute Gasteiger partial charge is 0.0446 e. The van der Waals surface area contributed by atoms with Crippen molar-refractivity contribution in [3.63, 3.8) is 0 Å². The van der Waals surface area contributed by atoms with E-state index in [9.17, 15) is 0 Å². The van der Waals surface area contributed by atoms with E-state index < -0.39 is 0 Å². The Morgan fingerprint density at radius 3 is 2.94 bits per heavy atom. The third-order valence-corrected chi connectivity index (χ3v) is 3.56. The number of hydrogen-bond acceptors (Lipinski definition) is 3. The van der Waals surface area contributed by atoms with E-state index in [1.807, 2.05) is 12.1 Å². The van der Waals surface area contributed by atoms with E-state index in [0.717, 1.165) is 23.2 Å². The number of halogens is 1. The molecule has 2 nitrogen and oxygen atoms in total. The summed E-state index contributed by atoms with van der Waals surface area (Å²) in [6.07, 6.45) is 2.90. The van der Waals surface area contributed by atoms with Gasteiger partial charge in [-0.25, -0.2) is 0 Å². The third kappa shape index (κ3) is 5.34. The molecule has 0 spiro atoms. The molecule has 1 aromatic rings. The molecule has 2 N–H and O–H groups in total. The molecule has 90 valence electrons. The first-order valence-corrected chi connectivity index (χ1v) is 7.52. The first-order valence-electron chi connectivity index (χ1n) is 5.34. The van der Waals surface area contributed by atoms with Crippen molar-refractivity contribution in [1.29, 1.82) is 0 Å². The van der Waals surface area contributed by atoms with Crippen molar-refractivity contribution in [2.24, 2.45) is 0 Å². The average molecular weight is 304 g/mol. The van der Waals surface area contributed by atoms with Crippen LogP contribution in [-0.4, -0.2) is 29.8 Å². The van der Waals surface area contributed by atoms with Crippen molar-refractivity contribution in [2.45, 2.75) is 19.0 Å². The monoisotopic (exact) mass is 303 g/mol. The van der Waals surface area contributed by atoms with E-state index >= 15 is 0 Å².